The Bertz CT molecular complexity index is 914. The van der Waals surface area contributed by atoms with Crippen LogP contribution in [0.3, 0.4) is 0 Å². The molecule has 2 aromatic carbocycles. The summed E-state index contributed by atoms with van der Waals surface area (Å²) in [5.74, 6) is 0.186. The van der Waals surface area contributed by atoms with E-state index in [9.17, 15) is 13.2 Å². The van der Waals surface area contributed by atoms with Gasteiger partial charge in [-0.1, -0.05) is 18.5 Å². The summed E-state index contributed by atoms with van der Waals surface area (Å²) in [6.45, 7) is 3.58. The van der Waals surface area contributed by atoms with E-state index in [1.54, 1.807) is 49.4 Å². The maximum atomic E-state index is 12.9. The molecule has 2 aromatic rings. The van der Waals surface area contributed by atoms with E-state index in [2.05, 4.69) is 5.32 Å². The number of halogens is 1. The number of anilines is 2. The number of ether oxygens (including phenoxy) is 1. The van der Waals surface area contributed by atoms with E-state index < -0.39 is 22.0 Å². The number of amides is 1. The first-order valence-electron chi connectivity index (χ1n) is 8.37. The largest absolute Gasteiger partial charge is 0.497 e. The number of aryl methyl sites for hydroxylation is 1. The van der Waals surface area contributed by atoms with Crippen LogP contribution in [0.1, 0.15) is 18.9 Å². The SMILES string of the molecule is CCC(C(=O)Nc1ccc(Cl)cc1C)N(c1ccc(OC)cc1)S(C)(=O)=O. The molecule has 1 unspecified atom stereocenters. The molecule has 0 heterocycles. The van der Waals surface area contributed by atoms with Crippen LogP contribution in [-0.2, 0) is 14.8 Å². The monoisotopic (exact) mass is 410 g/mol. The van der Waals surface area contributed by atoms with E-state index in [0.717, 1.165) is 16.1 Å². The third-order valence-corrected chi connectivity index (χ3v) is 5.52. The van der Waals surface area contributed by atoms with Crippen molar-refractivity contribution in [2.24, 2.45) is 0 Å². The van der Waals surface area contributed by atoms with Gasteiger partial charge in [0.05, 0.1) is 19.1 Å². The summed E-state index contributed by atoms with van der Waals surface area (Å²) in [7, 11) is -2.16. The summed E-state index contributed by atoms with van der Waals surface area (Å²) in [4.78, 5) is 12.9. The molecule has 6 nitrogen and oxygen atoms in total. The van der Waals surface area contributed by atoms with Crippen LogP contribution in [0.25, 0.3) is 0 Å². The predicted molar refractivity (Wildman–Crippen MR) is 109 cm³/mol. The minimum absolute atomic E-state index is 0.303. The van der Waals surface area contributed by atoms with Gasteiger partial charge in [0, 0.05) is 10.7 Å². The van der Waals surface area contributed by atoms with E-state index in [0.29, 0.717) is 28.6 Å². The lowest BCUT2D eigenvalue weighted by Crippen LogP contribution is -2.47. The van der Waals surface area contributed by atoms with Crippen LogP contribution in [0.2, 0.25) is 5.02 Å². The first kappa shape index (κ1) is 21.1. The molecule has 2 rings (SSSR count). The summed E-state index contributed by atoms with van der Waals surface area (Å²) in [6, 6.07) is 10.7. The second kappa shape index (κ2) is 8.63. The van der Waals surface area contributed by atoms with Crippen molar-refractivity contribution in [3.63, 3.8) is 0 Å². The average molecular weight is 411 g/mol. The van der Waals surface area contributed by atoms with E-state index in [-0.39, 0.29) is 0 Å². The molecule has 1 amide bonds. The summed E-state index contributed by atoms with van der Waals surface area (Å²) >= 11 is 5.95. The van der Waals surface area contributed by atoms with Crippen LogP contribution in [0, 0.1) is 6.92 Å². The van der Waals surface area contributed by atoms with Gasteiger partial charge in [-0.15, -0.1) is 0 Å². The molecule has 0 aliphatic rings. The number of hydrogen-bond acceptors (Lipinski definition) is 4. The topological polar surface area (TPSA) is 75.7 Å². The number of carbonyl (C=O) groups excluding carboxylic acids is 1. The second-order valence-electron chi connectivity index (χ2n) is 6.13. The highest BCUT2D eigenvalue weighted by Gasteiger charge is 2.31. The Kier molecular flexibility index (Phi) is 6.73. The van der Waals surface area contributed by atoms with Gasteiger partial charge in [-0.05, 0) is 61.4 Å². The second-order valence-corrected chi connectivity index (χ2v) is 8.43. The van der Waals surface area contributed by atoms with E-state index >= 15 is 0 Å². The van der Waals surface area contributed by atoms with Crippen LogP contribution >= 0.6 is 11.6 Å². The summed E-state index contributed by atoms with van der Waals surface area (Å²) in [5, 5.41) is 3.37. The molecule has 146 valence electrons. The first-order chi connectivity index (χ1) is 12.7. The normalized spacial score (nSPS) is 12.3. The average Bonchev–Trinajstić information content (AvgIpc) is 2.61. The summed E-state index contributed by atoms with van der Waals surface area (Å²) < 4.78 is 31.1. The van der Waals surface area contributed by atoms with Gasteiger partial charge in [0.2, 0.25) is 15.9 Å². The molecule has 0 saturated carbocycles. The molecule has 1 atom stereocenters. The molecule has 0 bridgehead atoms. The highest BCUT2D eigenvalue weighted by molar-refractivity contribution is 7.92. The quantitative estimate of drug-likeness (QED) is 0.752. The molecule has 0 aliphatic carbocycles. The molecule has 0 radical (unpaired) electrons. The number of nitrogens with one attached hydrogen (secondary N) is 1. The maximum Gasteiger partial charge on any atom is 0.248 e. The highest BCUT2D eigenvalue weighted by atomic mass is 35.5. The Morgan fingerprint density at radius 2 is 1.85 bits per heavy atom. The van der Waals surface area contributed by atoms with Gasteiger partial charge in [0.25, 0.3) is 0 Å². The Balaban J connectivity index is 2.37. The molecule has 0 aliphatic heterocycles. The minimum Gasteiger partial charge on any atom is -0.497 e. The zero-order valence-corrected chi connectivity index (χ0v) is 17.3. The smallest absolute Gasteiger partial charge is 0.248 e. The minimum atomic E-state index is -3.69. The van der Waals surface area contributed by atoms with Crippen LogP contribution in [0.5, 0.6) is 5.75 Å². The lowest BCUT2D eigenvalue weighted by atomic mass is 10.1. The fourth-order valence-electron chi connectivity index (χ4n) is 2.77. The number of rotatable bonds is 7. The molecule has 1 N–H and O–H groups in total. The Hall–Kier alpha value is -2.25. The zero-order chi connectivity index (χ0) is 20.2. The van der Waals surface area contributed by atoms with Crippen LogP contribution in [0.15, 0.2) is 42.5 Å². The van der Waals surface area contributed by atoms with Crippen LogP contribution in [0.4, 0.5) is 11.4 Å². The third-order valence-electron chi connectivity index (χ3n) is 4.10. The van der Waals surface area contributed by atoms with Gasteiger partial charge in [-0.25, -0.2) is 8.42 Å². The number of hydrogen-bond donors (Lipinski definition) is 1. The molecule has 27 heavy (non-hydrogen) atoms. The van der Waals surface area contributed by atoms with Crippen LogP contribution < -0.4 is 14.4 Å². The fourth-order valence-corrected chi connectivity index (χ4v) is 4.21. The standard InChI is InChI=1S/C19H23ClN2O4S/c1-5-18(19(23)21-17-11-6-14(20)12-13(17)2)22(27(4,24)25)15-7-9-16(26-3)10-8-15/h6-12,18H,5H2,1-4H3,(H,21,23). The van der Waals surface area contributed by atoms with Crippen molar-refractivity contribution in [3.05, 3.63) is 53.1 Å². The van der Waals surface area contributed by atoms with Crippen molar-refractivity contribution in [1.82, 2.24) is 0 Å². The number of nitrogens with zero attached hydrogens (tertiary/aromatic N) is 1. The molecular formula is C19H23ClN2O4S. The number of carbonyl (C=O) groups is 1. The van der Waals surface area contributed by atoms with Gasteiger partial charge in [-0.3, -0.25) is 9.10 Å². The van der Waals surface area contributed by atoms with E-state index in [4.69, 9.17) is 16.3 Å². The van der Waals surface area contributed by atoms with Gasteiger partial charge in [0.15, 0.2) is 0 Å². The molecule has 0 saturated heterocycles. The first-order valence-corrected chi connectivity index (χ1v) is 10.6. The molecule has 0 spiro atoms. The van der Waals surface area contributed by atoms with E-state index in [1.807, 2.05) is 6.92 Å². The number of benzene rings is 2. The van der Waals surface area contributed by atoms with Crippen molar-refractivity contribution in [1.29, 1.82) is 0 Å². The molecule has 0 aromatic heterocycles. The predicted octanol–water partition coefficient (Wildman–Crippen LogP) is 3.84. The van der Waals surface area contributed by atoms with Crippen molar-refractivity contribution < 1.29 is 17.9 Å². The Morgan fingerprint density at radius 3 is 2.33 bits per heavy atom. The summed E-state index contributed by atoms with van der Waals surface area (Å²) in [6.07, 6.45) is 1.39. The highest BCUT2D eigenvalue weighted by Crippen LogP contribution is 2.26. The van der Waals surface area contributed by atoms with Crippen molar-refractivity contribution in [2.45, 2.75) is 26.3 Å². The van der Waals surface area contributed by atoms with E-state index in [1.165, 1.54) is 7.11 Å². The Morgan fingerprint density at radius 1 is 1.22 bits per heavy atom. The molecule has 8 heteroatoms. The van der Waals surface area contributed by atoms with Gasteiger partial charge in [-0.2, -0.15) is 0 Å². The van der Waals surface area contributed by atoms with Gasteiger partial charge < -0.3 is 10.1 Å². The van der Waals surface area contributed by atoms with Crippen molar-refractivity contribution in [2.75, 3.05) is 23.0 Å². The van der Waals surface area contributed by atoms with Gasteiger partial charge >= 0.3 is 0 Å². The van der Waals surface area contributed by atoms with Gasteiger partial charge in [0.1, 0.15) is 11.8 Å². The molecule has 0 fully saturated rings. The number of sulfonamides is 1. The fraction of sp³-hybridized carbons (Fsp3) is 0.316. The van der Waals surface area contributed by atoms with Crippen LogP contribution in [-0.4, -0.2) is 33.7 Å². The summed E-state index contributed by atoms with van der Waals surface area (Å²) in [5.41, 5.74) is 1.78. The number of methoxy groups -OCH3 is 1. The van der Waals surface area contributed by atoms with Crippen molar-refractivity contribution in [3.8, 4) is 5.75 Å². The lowest BCUT2D eigenvalue weighted by Gasteiger charge is -2.30. The Labute approximate surface area is 165 Å². The third kappa shape index (κ3) is 5.14. The van der Waals surface area contributed by atoms with Crippen molar-refractivity contribution >= 4 is 38.9 Å². The lowest BCUT2D eigenvalue weighted by molar-refractivity contribution is -0.117. The maximum absolute atomic E-state index is 12.9. The molecular weight excluding hydrogens is 388 g/mol. The zero-order valence-electron chi connectivity index (χ0n) is 15.7.